The Bertz CT molecular complexity index is 753. The lowest BCUT2D eigenvalue weighted by molar-refractivity contribution is -0.122. The van der Waals surface area contributed by atoms with E-state index >= 15 is 0 Å². The van der Waals surface area contributed by atoms with Gasteiger partial charge in [-0.2, -0.15) is 0 Å². The third kappa shape index (κ3) is 3.72. The van der Waals surface area contributed by atoms with E-state index in [1.807, 2.05) is 6.07 Å². The largest absolute Gasteiger partial charge is 0.381 e. The van der Waals surface area contributed by atoms with E-state index in [0.717, 1.165) is 36.9 Å². The van der Waals surface area contributed by atoms with Gasteiger partial charge in [-0.3, -0.25) is 4.79 Å². The summed E-state index contributed by atoms with van der Waals surface area (Å²) in [7, 11) is 0. The number of rotatable bonds is 5. The second-order valence-corrected chi connectivity index (χ2v) is 8.39. The summed E-state index contributed by atoms with van der Waals surface area (Å²) in [6.45, 7) is 2.22. The van der Waals surface area contributed by atoms with Gasteiger partial charge in [-0.05, 0) is 48.4 Å². The van der Waals surface area contributed by atoms with Gasteiger partial charge >= 0.3 is 0 Å². The molecule has 0 aromatic heterocycles. The zero-order valence-corrected chi connectivity index (χ0v) is 16.4. The topological polar surface area (TPSA) is 38.3 Å². The summed E-state index contributed by atoms with van der Waals surface area (Å²) in [4.78, 5) is 12.7. The lowest BCUT2D eigenvalue weighted by atomic mass is 9.74. The molecule has 2 atom stereocenters. The first kappa shape index (κ1) is 17.7. The first-order valence-corrected chi connectivity index (χ1v) is 10.1. The number of hydrogen-bond acceptors (Lipinski definition) is 2. The van der Waals surface area contributed by atoms with E-state index < -0.39 is 0 Å². The lowest BCUT2D eigenvalue weighted by Crippen LogP contribution is -2.45. The minimum Gasteiger partial charge on any atom is -0.381 e. The van der Waals surface area contributed by atoms with E-state index in [9.17, 15) is 4.79 Å². The number of hydrogen-bond donors (Lipinski definition) is 1. The number of amides is 1. The van der Waals surface area contributed by atoms with Crippen LogP contribution in [-0.4, -0.2) is 25.7 Å². The van der Waals surface area contributed by atoms with Crippen LogP contribution < -0.4 is 5.32 Å². The van der Waals surface area contributed by atoms with Crippen molar-refractivity contribution in [1.82, 2.24) is 5.32 Å². The van der Waals surface area contributed by atoms with Crippen LogP contribution in [0.15, 0.2) is 59.1 Å². The molecule has 0 radical (unpaired) electrons. The van der Waals surface area contributed by atoms with E-state index in [0.29, 0.717) is 12.5 Å². The van der Waals surface area contributed by atoms with Crippen LogP contribution in [0.3, 0.4) is 0 Å². The van der Waals surface area contributed by atoms with Gasteiger partial charge in [0.15, 0.2) is 0 Å². The standard InChI is InChI=1S/C22H24BrNO2/c23-18-8-6-16(7-9-18)19-14-20(19)21(25)24-15-22(10-12-26-13-11-22)17-4-2-1-3-5-17/h1-9,19-20H,10-15H2,(H,24,25). The summed E-state index contributed by atoms with van der Waals surface area (Å²) in [6, 6.07) is 18.9. The molecule has 2 aromatic carbocycles. The number of benzene rings is 2. The summed E-state index contributed by atoms with van der Waals surface area (Å²) < 4.78 is 6.66. The Hall–Kier alpha value is -1.65. The van der Waals surface area contributed by atoms with E-state index in [1.165, 1.54) is 11.1 Å². The van der Waals surface area contributed by atoms with Crippen LogP contribution in [0, 0.1) is 5.92 Å². The van der Waals surface area contributed by atoms with Crippen LogP contribution in [-0.2, 0) is 14.9 Å². The third-order valence-electron chi connectivity index (χ3n) is 5.86. The van der Waals surface area contributed by atoms with Crippen LogP contribution in [0.25, 0.3) is 0 Å². The van der Waals surface area contributed by atoms with E-state index in [-0.39, 0.29) is 17.2 Å². The second-order valence-electron chi connectivity index (χ2n) is 7.48. The number of nitrogens with one attached hydrogen (secondary N) is 1. The van der Waals surface area contributed by atoms with Crippen LogP contribution in [0.2, 0.25) is 0 Å². The van der Waals surface area contributed by atoms with Crippen LogP contribution in [0.4, 0.5) is 0 Å². The van der Waals surface area contributed by atoms with E-state index in [2.05, 4.69) is 69.8 Å². The molecule has 1 N–H and O–H groups in total. The lowest BCUT2D eigenvalue weighted by Gasteiger charge is -2.38. The Kier molecular flexibility index (Phi) is 5.14. The maximum Gasteiger partial charge on any atom is 0.223 e. The van der Waals surface area contributed by atoms with Crippen molar-refractivity contribution in [2.45, 2.75) is 30.6 Å². The Labute approximate surface area is 163 Å². The molecule has 0 spiro atoms. The molecule has 1 aliphatic carbocycles. The fraction of sp³-hybridized carbons (Fsp3) is 0.409. The molecule has 4 heteroatoms. The van der Waals surface area contributed by atoms with Gasteiger partial charge in [-0.15, -0.1) is 0 Å². The molecule has 0 bridgehead atoms. The van der Waals surface area contributed by atoms with E-state index in [1.54, 1.807) is 0 Å². The fourth-order valence-corrected chi connectivity index (χ4v) is 4.34. The molecule has 4 rings (SSSR count). The molecule has 1 amide bonds. The summed E-state index contributed by atoms with van der Waals surface area (Å²) in [6.07, 6.45) is 2.87. The first-order valence-electron chi connectivity index (χ1n) is 9.34. The minimum absolute atomic E-state index is 0.00281. The highest BCUT2D eigenvalue weighted by Gasteiger charge is 2.44. The summed E-state index contributed by atoms with van der Waals surface area (Å²) in [5.41, 5.74) is 2.57. The Morgan fingerprint density at radius 1 is 1.08 bits per heavy atom. The van der Waals surface area contributed by atoms with Crippen molar-refractivity contribution in [2.24, 2.45) is 5.92 Å². The molecule has 2 aliphatic rings. The van der Waals surface area contributed by atoms with Gasteiger partial charge in [0, 0.05) is 35.6 Å². The molecule has 2 aromatic rings. The van der Waals surface area contributed by atoms with Gasteiger partial charge in [-0.25, -0.2) is 0 Å². The van der Waals surface area contributed by atoms with Gasteiger partial charge in [-0.1, -0.05) is 58.4 Å². The Morgan fingerprint density at radius 2 is 1.77 bits per heavy atom. The van der Waals surface area contributed by atoms with Crippen molar-refractivity contribution in [1.29, 1.82) is 0 Å². The van der Waals surface area contributed by atoms with Crippen LogP contribution in [0.1, 0.15) is 36.3 Å². The molecular formula is C22H24BrNO2. The highest BCUT2D eigenvalue weighted by atomic mass is 79.9. The quantitative estimate of drug-likeness (QED) is 0.787. The van der Waals surface area contributed by atoms with Crippen molar-refractivity contribution < 1.29 is 9.53 Å². The number of halogens is 1. The predicted molar refractivity (Wildman–Crippen MR) is 106 cm³/mol. The summed E-state index contributed by atoms with van der Waals surface area (Å²) in [5, 5.41) is 3.26. The van der Waals surface area contributed by atoms with Gasteiger partial charge in [0.2, 0.25) is 5.91 Å². The van der Waals surface area contributed by atoms with Gasteiger partial charge in [0.05, 0.1) is 0 Å². The van der Waals surface area contributed by atoms with Crippen molar-refractivity contribution in [2.75, 3.05) is 19.8 Å². The van der Waals surface area contributed by atoms with Crippen molar-refractivity contribution in [3.05, 3.63) is 70.2 Å². The van der Waals surface area contributed by atoms with Crippen molar-refractivity contribution in [3.8, 4) is 0 Å². The number of carbonyl (C=O) groups is 1. The molecule has 1 saturated heterocycles. The zero-order chi connectivity index (χ0) is 18.0. The maximum absolute atomic E-state index is 12.7. The third-order valence-corrected chi connectivity index (χ3v) is 6.39. The normalized spacial score (nSPS) is 24.0. The molecular weight excluding hydrogens is 390 g/mol. The predicted octanol–water partition coefficient (Wildman–Crippen LogP) is 4.42. The van der Waals surface area contributed by atoms with Gasteiger partial charge < -0.3 is 10.1 Å². The van der Waals surface area contributed by atoms with Crippen LogP contribution >= 0.6 is 15.9 Å². The highest BCUT2D eigenvalue weighted by molar-refractivity contribution is 9.10. The first-order chi connectivity index (χ1) is 12.7. The van der Waals surface area contributed by atoms with E-state index in [4.69, 9.17) is 4.74 Å². The highest BCUT2D eigenvalue weighted by Crippen LogP contribution is 2.48. The average Bonchev–Trinajstić information content (AvgIpc) is 3.49. The molecule has 26 heavy (non-hydrogen) atoms. The number of ether oxygens (including phenoxy) is 1. The molecule has 1 saturated carbocycles. The average molecular weight is 414 g/mol. The zero-order valence-electron chi connectivity index (χ0n) is 14.8. The molecule has 136 valence electrons. The fourth-order valence-electron chi connectivity index (χ4n) is 4.07. The molecule has 3 nitrogen and oxygen atoms in total. The monoisotopic (exact) mass is 413 g/mol. The smallest absolute Gasteiger partial charge is 0.223 e. The van der Waals surface area contributed by atoms with Crippen LogP contribution in [0.5, 0.6) is 0 Å². The maximum atomic E-state index is 12.7. The molecule has 2 unspecified atom stereocenters. The molecule has 2 fully saturated rings. The van der Waals surface area contributed by atoms with Gasteiger partial charge in [0.25, 0.3) is 0 Å². The minimum atomic E-state index is -0.00281. The van der Waals surface area contributed by atoms with Gasteiger partial charge in [0.1, 0.15) is 0 Å². The number of carbonyl (C=O) groups excluding carboxylic acids is 1. The van der Waals surface area contributed by atoms with Crippen molar-refractivity contribution in [3.63, 3.8) is 0 Å². The molecule has 1 aliphatic heterocycles. The molecule has 1 heterocycles. The summed E-state index contributed by atoms with van der Waals surface area (Å²) in [5.74, 6) is 0.675. The SMILES string of the molecule is O=C(NCC1(c2ccccc2)CCOCC1)C1CC1c1ccc(Br)cc1. The second kappa shape index (κ2) is 7.53. The van der Waals surface area contributed by atoms with Crippen molar-refractivity contribution >= 4 is 21.8 Å². The Balaban J connectivity index is 1.40. The summed E-state index contributed by atoms with van der Waals surface area (Å²) >= 11 is 3.47. The Morgan fingerprint density at radius 3 is 2.46 bits per heavy atom.